The number of aliphatic hydroxyl groups is 1. The number of aromatic nitrogens is 1. The van der Waals surface area contributed by atoms with Crippen LogP contribution in [0, 0.1) is 12.3 Å². The Hall–Kier alpha value is -1.78. The first kappa shape index (κ1) is 18.6. The minimum atomic E-state index is -0.861. The molecule has 3 N–H and O–H groups in total. The fourth-order valence-electron chi connectivity index (χ4n) is 2.05. The number of hydrogen-bond acceptors (Lipinski definition) is 4. The lowest BCUT2D eigenvalue weighted by molar-refractivity contribution is 0.245. The lowest BCUT2D eigenvalue weighted by Gasteiger charge is -2.22. The van der Waals surface area contributed by atoms with Crippen LogP contribution in [0.5, 0.6) is 0 Å². The van der Waals surface area contributed by atoms with Gasteiger partial charge in [-0.05, 0) is 24.6 Å². The summed E-state index contributed by atoms with van der Waals surface area (Å²) in [5, 5.41) is 14.7. The van der Waals surface area contributed by atoms with E-state index < -0.39 is 11.4 Å². The monoisotopic (exact) mass is 383 g/mol. The van der Waals surface area contributed by atoms with Gasteiger partial charge in [-0.3, -0.25) is 5.32 Å². The van der Waals surface area contributed by atoms with Gasteiger partial charge in [-0.15, -0.1) is 6.42 Å². The fraction of sp³-hybridized carbons (Fsp3) is 0.250. The van der Waals surface area contributed by atoms with E-state index >= 15 is 0 Å². The molecule has 8 heteroatoms. The molecule has 2 aromatic rings. The lowest BCUT2D eigenvalue weighted by Crippen LogP contribution is -2.31. The summed E-state index contributed by atoms with van der Waals surface area (Å²) in [5.41, 5.74) is 0.439. The molecule has 0 bridgehead atoms. The predicted octanol–water partition coefficient (Wildman–Crippen LogP) is 3.50. The molecule has 1 aromatic heterocycles. The van der Waals surface area contributed by atoms with E-state index in [1.807, 2.05) is 19.1 Å². The van der Waals surface area contributed by atoms with Crippen LogP contribution in [-0.2, 0) is 5.41 Å². The van der Waals surface area contributed by atoms with Crippen molar-refractivity contribution in [1.82, 2.24) is 10.3 Å². The number of rotatable bonds is 5. The van der Waals surface area contributed by atoms with E-state index in [2.05, 4.69) is 21.5 Å². The zero-order valence-electron chi connectivity index (χ0n) is 12.8. The van der Waals surface area contributed by atoms with Crippen molar-refractivity contribution in [2.75, 3.05) is 18.5 Å². The maximum absolute atomic E-state index is 11.7. The number of thiazole rings is 1. The minimum absolute atomic E-state index is 0.143. The second kappa shape index (κ2) is 7.86. The van der Waals surface area contributed by atoms with Gasteiger partial charge in [-0.1, -0.05) is 52.6 Å². The van der Waals surface area contributed by atoms with Gasteiger partial charge in [0, 0.05) is 11.6 Å². The molecule has 1 aromatic carbocycles. The Labute approximate surface area is 154 Å². The number of anilines is 1. The zero-order valence-corrected chi connectivity index (χ0v) is 15.1. The van der Waals surface area contributed by atoms with E-state index in [0.717, 1.165) is 16.9 Å². The topological polar surface area (TPSA) is 74.2 Å². The van der Waals surface area contributed by atoms with Crippen LogP contribution in [0.1, 0.15) is 18.2 Å². The van der Waals surface area contributed by atoms with Crippen molar-refractivity contribution >= 4 is 45.7 Å². The van der Waals surface area contributed by atoms with E-state index in [0.29, 0.717) is 20.2 Å². The third kappa shape index (κ3) is 4.00. The van der Waals surface area contributed by atoms with Crippen molar-refractivity contribution < 1.29 is 9.90 Å². The van der Waals surface area contributed by atoms with Gasteiger partial charge in [0.1, 0.15) is 4.34 Å². The van der Waals surface area contributed by atoms with Gasteiger partial charge < -0.3 is 10.4 Å². The number of aliphatic hydroxyl groups excluding tert-OH is 1. The standard InChI is InChI=1S/C16H15Cl2N3O2S/c1-3-16(2,10-4-6-11(17)7-5-10)12-13(18)24-15(20-12)21-14(23)19-8-9-22/h1,4-7,22H,8-9H2,2H3,(H2,19,20,21,23)/t16-/m1/s1. The van der Waals surface area contributed by atoms with Gasteiger partial charge in [0.15, 0.2) is 5.13 Å². The molecular formula is C16H15Cl2N3O2S. The molecule has 1 atom stereocenters. The lowest BCUT2D eigenvalue weighted by atomic mass is 9.81. The number of benzene rings is 1. The van der Waals surface area contributed by atoms with Crippen molar-refractivity contribution in [1.29, 1.82) is 0 Å². The highest BCUT2D eigenvalue weighted by atomic mass is 35.5. The molecule has 0 saturated heterocycles. The largest absolute Gasteiger partial charge is 0.395 e. The Bertz CT molecular complexity index is 771. The SMILES string of the molecule is C#C[C@](C)(c1ccc(Cl)cc1)c1nc(NC(=O)NCCO)sc1Cl. The Morgan fingerprint density at radius 1 is 1.42 bits per heavy atom. The third-order valence-corrected chi connectivity index (χ3v) is 4.81. The fourth-order valence-corrected chi connectivity index (χ4v) is 3.42. The Kier molecular flexibility index (Phi) is 6.08. The minimum Gasteiger partial charge on any atom is -0.395 e. The van der Waals surface area contributed by atoms with E-state index in [4.69, 9.17) is 34.7 Å². The number of hydrogen-bond donors (Lipinski definition) is 3. The molecule has 0 fully saturated rings. The normalized spacial score (nSPS) is 13.0. The van der Waals surface area contributed by atoms with Crippen LogP contribution in [0.2, 0.25) is 9.36 Å². The number of halogens is 2. The Morgan fingerprint density at radius 2 is 2.08 bits per heavy atom. The summed E-state index contributed by atoms with van der Waals surface area (Å²) >= 11 is 13.3. The number of carbonyl (C=O) groups excluding carboxylic acids is 1. The summed E-state index contributed by atoms with van der Waals surface area (Å²) in [6, 6.07) is 6.65. The number of nitrogens with zero attached hydrogens (tertiary/aromatic N) is 1. The van der Waals surface area contributed by atoms with Crippen LogP contribution in [0.3, 0.4) is 0 Å². The molecule has 0 aliphatic rings. The number of amides is 2. The van der Waals surface area contributed by atoms with Gasteiger partial charge in [0.25, 0.3) is 0 Å². The van der Waals surface area contributed by atoms with E-state index in [1.54, 1.807) is 12.1 Å². The first-order valence-corrected chi connectivity index (χ1v) is 8.54. The zero-order chi connectivity index (χ0) is 17.7. The quantitative estimate of drug-likeness (QED) is 0.691. The van der Waals surface area contributed by atoms with Crippen LogP contribution in [0.25, 0.3) is 0 Å². The smallest absolute Gasteiger partial charge is 0.321 e. The average Bonchev–Trinajstić information content (AvgIpc) is 2.93. The van der Waals surface area contributed by atoms with Crippen molar-refractivity contribution in [2.45, 2.75) is 12.3 Å². The van der Waals surface area contributed by atoms with Gasteiger partial charge in [0.05, 0.1) is 17.7 Å². The van der Waals surface area contributed by atoms with E-state index in [-0.39, 0.29) is 13.2 Å². The Morgan fingerprint density at radius 3 is 2.67 bits per heavy atom. The van der Waals surface area contributed by atoms with Crippen LogP contribution in [0.4, 0.5) is 9.93 Å². The number of carbonyl (C=O) groups is 1. The van der Waals surface area contributed by atoms with Crippen molar-refractivity contribution in [3.63, 3.8) is 0 Å². The van der Waals surface area contributed by atoms with Gasteiger partial charge in [0.2, 0.25) is 0 Å². The van der Waals surface area contributed by atoms with Crippen molar-refractivity contribution in [2.24, 2.45) is 0 Å². The molecule has 2 rings (SSSR count). The summed E-state index contributed by atoms with van der Waals surface area (Å²) in [4.78, 5) is 16.0. The highest BCUT2D eigenvalue weighted by Gasteiger charge is 2.32. The third-order valence-electron chi connectivity index (χ3n) is 3.39. The molecule has 0 aliphatic heterocycles. The van der Waals surface area contributed by atoms with Gasteiger partial charge >= 0.3 is 6.03 Å². The van der Waals surface area contributed by atoms with Crippen LogP contribution in [-0.4, -0.2) is 29.3 Å². The maximum atomic E-state index is 11.7. The molecule has 5 nitrogen and oxygen atoms in total. The van der Waals surface area contributed by atoms with E-state index in [9.17, 15) is 4.79 Å². The molecule has 2 amide bonds. The van der Waals surface area contributed by atoms with Crippen LogP contribution >= 0.6 is 34.5 Å². The molecule has 1 heterocycles. The number of terminal acetylenes is 1. The van der Waals surface area contributed by atoms with Gasteiger partial charge in [-0.25, -0.2) is 9.78 Å². The summed E-state index contributed by atoms with van der Waals surface area (Å²) in [5.74, 6) is 2.73. The summed E-state index contributed by atoms with van der Waals surface area (Å²) in [6.45, 7) is 1.82. The number of urea groups is 1. The summed E-state index contributed by atoms with van der Waals surface area (Å²) in [6.07, 6.45) is 5.75. The molecule has 0 unspecified atom stereocenters. The average molecular weight is 384 g/mol. The van der Waals surface area contributed by atoms with Crippen LogP contribution in [0.15, 0.2) is 24.3 Å². The summed E-state index contributed by atoms with van der Waals surface area (Å²) in [7, 11) is 0. The highest BCUT2D eigenvalue weighted by Crippen LogP contribution is 2.40. The van der Waals surface area contributed by atoms with Gasteiger partial charge in [-0.2, -0.15) is 0 Å². The molecule has 0 aliphatic carbocycles. The second-order valence-electron chi connectivity index (χ2n) is 5.02. The highest BCUT2D eigenvalue weighted by molar-refractivity contribution is 7.19. The molecule has 0 radical (unpaired) electrons. The van der Waals surface area contributed by atoms with E-state index in [1.165, 1.54) is 0 Å². The first-order chi connectivity index (χ1) is 11.4. The first-order valence-electron chi connectivity index (χ1n) is 6.97. The maximum Gasteiger partial charge on any atom is 0.321 e. The van der Waals surface area contributed by atoms with Crippen molar-refractivity contribution in [3.05, 3.63) is 44.9 Å². The van der Waals surface area contributed by atoms with Crippen LogP contribution < -0.4 is 10.6 Å². The molecule has 24 heavy (non-hydrogen) atoms. The molecule has 126 valence electrons. The van der Waals surface area contributed by atoms with Crippen molar-refractivity contribution in [3.8, 4) is 12.3 Å². The molecule has 0 spiro atoms. The number of nitrogens with one attached hydrogen (secondary N) is 2. The Balaban J connectivity index is 2.31. The molecule has 0 saturated carbocycles. The predicted molar refractivity (Wildman–Crippen MR) is 98.0 cm³/mol. The summed E-state index contributed by atoms with van der Waals surface area (Å²) < 4.78 is 0.392. The molecular weight excluding hydrogens is 369 g/mol. The second-order valence-corrected chi connectivity index (χ2v) is 7.06.